The fraction of sp³-hybridized carbons (Fsp3) is 0.179. The number of fused-ring (bicyclic) bond motifs is 2. The molecule has 5 aromatic heterocycles. The van der Waals surface area contributed by atoms with Crippen LogP contribution in [0.5, 0.6) is 0 Å². The molecule has 5 heterocycles. The van der Waals surface area contributed by atoms with Gasteiger partial charge in [-0.2, -0.15) is 5.10 Å². The fourth-order valence-electron chi connectivity index (χ4n) is 5.07. The maximum atomic E-state index is 12.4. The van der Waals surface area contributed by atoms with Gasteiger partial charge >= 0.3 is 0 Å². The lowest BCUT2D eigenvalue weighted by molar-refractivity contribution is -0.119. The minimum Gasteiger partial charge on any atom is -0.337 e. The Balaban J connectivity index is 1.21. The van der Waals surface area contributed by atoms with Crippen molar-refractivity contribution in [1.29, 1.82) is 0 Å². The molecule has 1 aliphatic carbocycles. The predicted octanol–water partition coefficient (Wildman–Crippen LogP) is 6.42. The molecule has 8 nitrogen and oxygen atoms in total. The summed E-state index contributed by atoms with van der Waals surface area (Å²) in [6.07, 6.45) is 7.68. The Morgan fingerprint density at radius 1 is 1.00 bits per heavy atom. The fourth-order valence-corrected chi connectivity index (χ4v) is 5.82. The van der Waals surface area contributed by atoms with E-state index in [2.05, 4.69) is 48.0 Å². The van der Waals surface area contributed by atoms with Gasteiger partial charge in [0.25, 0.3) is 0 Å². The monoisotopic (exact) mass is 505 g/mol. The van der Waals surface area contributed by atoms with Crippen molar-refractivity contribution >= 4 is 45.0 Å². The molecule has 182 valence electrons. The number of rotatable bonds is 5. The summed E-state index contributed by atoms with van der Waals surface area (Å²) in [4.78, 5) is 31.0. The van der Waals surface area contributed by atoms with Crippen molar-refractivity contribution in [1.82, 2.24) is 30.1 Å². The predicted molar refractivity (Wildman–Crippen MR) is 146 cm³/mol. The summed E-state index contributed by atoms with van der Waals surface area (Å²) in [6.45, 7) is 0. The molecular weight excluding hydrogens is 482 g/mol. The van der Waals surface area contributed by atoms with E-state index < -0.39 is 0 Å². The van der Waals surface area contributed by atoms with E-state index in [9.17, 15) is 4.79 Å². The van der Waals surface area contributed by atoms with Crippen molar-refractivity contribution in [3.8, 4) is 33.2 Å². The van der Waals surface area contributed by atoms with Crippen LogP contribution in [-0.4, -0.2) is 36.0 Å². The third kappa shape index (κ3) is 3.97. The molecule has 0 unspecified atom stereocenters. The van der Waals surface area contributed by atoms with Gasteiger partial charge in [-0.05, 0) is 48.6 Å². The van der Waals surface area contributed by atoms with E-state index >= 15 is 0 Å². The van der Waals surface area contributed by atoms with Crippen molar-refractivity contribution in [2.75, 3.05) is 5.32 Å². The van der Waals surface area contributed by atoms with Crippen molar-refractivity contribution in [3.63, 3.8) is 0 Å². The number of H-pyrrole nitrogens is 2. The number of nitrogens with zero attached hydrogens (tertiary/aromatic N) is 4. The van der Waals surface area contributed by atoms with Crippen LogP contribution in [-0.2, 0) is 4.79 Å². The maximum Gasteiger partial charge on any atom is 0.228 e. The molecule has 37 heavy (non-hydrogen) atoms. The Hall–Kier alpha value is -4.37. The molecule has 7 rings (SSSR count). The van der Waals surface area contributed by atoms with E-state index in [4.69, 9.17) is 4.98 Å². The highest BCUT2D eigenvalue weighted by molar-refractivity contribution is 7.13. The minimum absolute atomic E-state index is 0.0633. The maximum absolute atomic E-state index is 12.4. The number of para-hydroxylation sites is 1. The third-order valence-corrected chi connectivity index (χ3v) is 7.91. The zero-order valence-electron chi connectivity index (χ0n) is 19.9. The molecule has 3 N–H and O–H groups in total. The summed E-state index contributed by atoms with van der Waals surface area (Å²) in [5.41, 5.74) is 6.18. The molecule has 0 radical (unpaired) electrons. The topological polar surface area (TPSA) is 112 Å². The van der Waals surface area contributed by atoms with Crippen LogP contribution in [0.2, 0.25) is 0 Å². The second kappa shape index (κ2) is 8.94. The highest BCUT2D eigenvalue weighted by Crippen LogP contribution is 2.34. The lowest BCUT2D eigenvalue weighted by atomic mass is 10.1. The first-order valence-corrected chi connectivity index (χ1v) is 13.3. The van der Waals surface area contributed by atoms with Gasteiger partial charge in [0.1, 0.15) is 11.5 Å². The molecule has 1 saturated carbocycles. The average molecular weight is 506 g/mol. The summed E-state index contributed by atoms with van der Waals surface area (Å²) in [5.74, 6) is 1.43. The van der Waals surface area contributed by atoms with Gasteiger partial charge in [-0.1, -0.05) is 31.0 Å². The number of amides is 1. The molecule has 1 aromatic carbocycles. The van der Waals surface area contributed by atoms with Crippen LogP contribution in [0.3, 0.4) is 0 Å². The first kappa shape index (κ1) is 21.9. The van der Waals surface area contributed by atoms with Gasteiger partial charge in [-0.25, -0.2) is 9.97 Å². The number of benzene rings is 1. The van der Waals surface area contributed by atoms with Gasteiger partial charge in [0.05, 0.1) is 28.4 Å². The van der Waals surface area contributed by atoms with Crippen molar-refractivity contribution in [3.05, 3.63) is 66.3 Å². The summed E-state index contributed by atoms with van der Waals surface area (Å²) in [7, 11) is 0. The number of hydrogen-bond donors (Lipinski definition) is 3. The van der Waals surface area contributed by atoms with Crippen LogP contribution in [0.15, 0.2) is 66.3 Å². The minimum atomic E-state index is 0.0633. The number of anilines is 1. The van der Waals surface area contributed by atoms with E-state index in [0.29, 0.717) is 11.6 Å². The Morgan fingerprint density at radius 2 is 1.92 bits per heavy atom. The van der Waals surface area contributed by atoms with Gasteiger partial charge in [-0.3, -0.25) is 14.9 Å². The smallest absolute Gasteiger partial charge is 0.228 e. The van der Waals surface area contributed by atoms with Crippen molar-refractivity contribution in [2.24, 2.45) is 5.92 Å². The number of pyridine rings is 2. The Labute approximate surface area is 216 Å². The number of imidazole rings is 1. The lowest BCUT2D eigenvalue weighted by Gasteiger charge is -2.10. The SMILES string of the molecule is O=C(Nc1ccc(-c2cc3c(-c4nc5c(-c6cccs6)cccc5[nH]4)n[nH]c3cn2)cn1)C1CCCC1. The van der Waals surface area contributed by atoms with E-state index in [-0.39, 0.29) is 11.8 Å². The van der Waals surface area contributed by atoms with Crippen molar-refractivity contribution < 1.29 is 4.79 Å². The third-order valence-electron chi connectivity index (χ3n) is 7.01. The van der Waals surface area contributed by atoms with Crippen LogP contribution in [0.4, 0.5) is 5.82 Å². The van der Waals surface area contributed by atoms with Crippen molar-refractivity contribution in [2.45, 2.75) is 25.7 Å². The summed E-state index contributed by atoms with van der Waals surface area (Å²) in [6, 6.07) is 16.1. The largest absolute Gasteiger partial charge is 0.337 e. The average Bonchev–Trinajstić information content (AvgIpc) is 3.74. The number of hydrogen-bond acceptors (Lipinski definition) is 6. The second-order valence-electron chi connectivity index (χ2n) is 9.35. The summed E-state index contributed by atoms with van der Waals surface area (Å²) in [5, 5.41) is 13.6. The molecule has 0 bridgehead atoms. The number of aromatic nitrogens is 6. The van der Waals surface area contributed by atoms with Gasteiger partial charge in [0.15, 0.2) is 5.82 Å². The number of aromatic amines is 2. The zero-order chi connectivity index (χ0) is 24.8. The molecule has 0 saturated heterocycles. The highest BCUT2D eigenvalue weighted by Gasteiger charge is 2.23. The van der Waals surface area contributed by atoms with Crippen LogP contribution >= 0.6 is 11.3 Å². The number of carbonyl (C=O) groups is 1. The van der Waals surface area contributed by atoms with E-state index in [1.165, 1.54) is 4.88 Å². The molecular formula is C28H23N7OS. The Bertz CT molecular complexity index is 1730. The molecule has 6 aromatic rings. The standard InChI is InChI=1S/C28H23N7OS/c36-28(16-5-1-2-6-16)32-24-11-10-17(14-30-24)21-13-19-22(15-29-21)34-35-26(19)27-31-20-8-3-7-18(25(20)33-27)23-9-4-12-37-23/h3-4,7-16H,1-2,5-6H2,(H,31,33)(H,34,35)(H,30,32,36). The van der Waals surface area contributed by atoms with Crippen LogP contribution < -0.4 is 5.32 Å². The molecule has 0 atom stereocenters. The normalized spacial score (nSPS) is 14.1. The van der Waals surface area contributed by atoms with Gasteiger partial charge in [0.2, 0.25) is 5.91 Å². The highest BCUT2D eigenvalue weighted by atomic mass is 32.1. The molecule has 1 aliphatic rings. The van der Waals surface area contributed by atoms with Crippen LogP contribution in [0.25, 0.3) is 55.2 Å². The zero-order valence-corrected chi connectivity index (χ0v) is 20.7. The van der Waals surface area contributed by atoms with E-state index in [1.807, 2.05) is 36.4 Å². The number of carbonyl (C=O) groups excluding carboxylic acids is 1. The van der Waals surface area contributed by atoms with Crippen LogP contribution in [0, 0.1) is 5.92 Å². The Morgan fingerprint density at radius 3 is 2.73 bits per heavy atom. The molecule has 0 spiro atoms. The van der Waals surface area contributed by atoms with Crippen LogP contribution in [0.1, 0.15) is 25.7 Å². The number of thiophene rings is 1. The van der Waals surface area contributed by atoms with Gasteiger partial charge < -0.3 is 10.3 Å². The van der Waals surface area contributed by atoms with E-state index in [0.717, 1.165) is 70.1 Å². The molecule has 0 aliphatic heterocycles. The first-order valence-electron chi connectivity index (χ1n) is 12.4. The summed E-state index contributed by atoms with van der Waals surface area (Å²) < 4.78 is 0. The van der Waals surface area contributed by atoms with Gasteiger partial charge in [0, 0.05) is 33.5 Å². The lowest BCUT2D eigenvalue weighted by Crippen LogP contribution is -2.20. The Kier molecular flexibility index (Phi) is 5.28. The number of nitrogens with one attached hydrogen (secondary N) is 3. The quantitative estimate of drug-likeness (QED) is 0.250. The molecule has 1 amide bonds. The molecule has 9 heteroatoms. The first-order chi connectivity index (χ1) is 18.2. The molecule has 1 fully saturated rings. The van der Waals surface area contributed by atoms with Gasteiger partial charge in [-0.15, -0.1) is 11.3 Å². The summed E-state index contributed by atoms with van der Waals surface area (Å²) >= 11 is 1.70. The second-order valence-corrected chi connectivity index (χ2v) is 10.3. The van der Waals surface area contributed by atoms with E-state index in [1.54, 1.807) is 23.7 Å².